The van der Waals surface area contributed by atoms with Crippen molar-refractivity contribution in [1.29, 1.82) is 0 Å². The minimum atomic E-state index is -4.44. The summed E-state index contributed by atoms with van der Waals surface area (Å²) in [4.78, 5) is 11.9. The van der Waals surface area contributed by atoms with E-state index in [1.165, 1.54) is 12.1 Å². The summed E-state index contributed by atoms with van der Waals surface area (Å²) in [7, 11) is 0. The van der Waals surface area contributed by atoms with Gasteiger partial charge in [0.1, 0.15) is 0 Å². The fourth-order valence-corrected chi connectivity index (χ4v) is 1.33. The van der Waals surface area contributed by atoms with E-state index >= 15 is 0 Å². The smallest absolute Gasteiger partial charge is 0.349 e. The Hall–Kier alpha value is -1.52. The first-order valence-electron chi connectivity index (χ1n) is 6.00. The molecule has 0 fully saturated rings. The van der Waals surface area contributed by atoms with E-state index in [0.717, 1.165) is 12.1 Å². The second kappa shape index (κ2) is 5.23. The maximum Gasteiger partial charge on any atom is 0.416 e. The van der Waals surface area contributed by atoms with Gasteiger partial charge in [0.25, 0.3) is 5.91 Å². The number of carbonyl (C=O) groups is 1. The number of nitrogens with one attached hydrogen (secondary N) is 1. The van der Waals surface area contributed by atoms with Crippen molar-refractivity contribution in [1.82, 2.24) is 5.32 Å². The molecule has 0 radical (unpaired) electrons. The predicted octanol–water partition coefficient (Wildman–Crippen LogP) is 3.87. The van der Waals surface area contributed by atoms with Gasteiger partial charge in [0.15, 0.2) is 0 Å². The van der Waals surface area contributed by atoms with Crippen molar-refractivity contribution in [3.05, 3.63) is 35.4 Å². The Kier molecular flexibility index (Phi) is 4.28. The van der Waals surface area contributed by atoms with Gasteiger partial charge in [0.05, 0.1) is 5.56 Å². The van der Waals surface area contributed by atoms with Crippen LogP contribution >= 0.6 is 0 Å². The second-order valence-corrected chi connectivity index (χ2v) is 5.64. The van der Waals surface area contributed by atoms with Crippen molar-refractivity contribution in [2.45, 2.75) is 39.9 Å². The highest BCUT2D eigenvalue weighted by Gasteiger charge is 2.31. The molecule has 1 amide bonds. The quantitative estimate of drug-likeness (QED) is 0.870. The zero-order valence-corrected chi connectivity index (χ0v) is 11.4. The van der Waals surface area contributed by atoms with Gasteiger partial charge >= 0.3 is 6.18 Å². The molecule has 0 aliphatic carbocycles. The Labute approximate surface area is 111 Å². The van der Waals surface area contributed by atoms with E-state index in [1.54, 1.807) is 0 Å². The van der Waals surface area contributed by atoms with Gasteiger partial charge < -0.3 is 5.32 Å². The van der Waals surface area contributed by atoms with Crippen molar-refractivity contribution in [2.24, 2.45) is 5.41 Å². The molecule has 5 heteroatoms. The molecule has 0 spiro atoms. The third-order valence-electron chi connectivity index (χ3n) is 3.10. The highest BCUT2D eigenvalue weighted by atomic mass is 19.4. The van der Waals surface area contributed by atoms with E-state index in [9.17, 15) is 18.0 Å². The monoisotopic (exact) mass is 273 g/mol. The number of hydrogen-bond donors (Lipinski definition) is 1. The van der Waals surface area contributed by atoms with Crippen molar-refractivity contribution < 1.29 is 18.0 Å². The number of benzene rings is 1. The van der Waals surface area contributed by atoms with Crippen molar-refractivity contribution in [2.75, 3.05) is 0 Å². The van der Waals surface area contributed by atoms with E-state index < -0.39 is 17.6 Å². The molecule has 0 aliphatic heterocycles. The van der Waals surface area contributed by atoms with Gasteiger partial charge in [-0.1, -0.05) is 26.8 Å². The van der Waals surface area contributed by atoms with Crippen LogP contribution < -0.4 is 5.32 Å². The minimum Gasteiger partial charge on any atom is -0.349 e. The number of carbonyl (C=O) groups excluding carboxylic acids is 1. The molecule has 1 unspecified atom stereocenters. The maximum absolute atomic E-state index is 12.6. The molecule has 1 rings (SSSR count). The van der Waals surface area contributed by atoms with Crippen molar-refractivity contribution >= 4 is 5.91 Å². The first-order valence-corrected chi connectivity index (χ1v) is 6.00. The van der Waals surface area contributed by atoms with E-state index in [4.69, 9.17) is 0 Å². The molecular formula is C14H18F3NO. The van der Waals surface area contributed by atoms with Crippen LogP contribution in [0.15, 0.2) is 24.3 Å². The first kappa shape index (κ1) is 15.5. The average molecular weight is 273 g/mol. The molecule has 0 aliphatic rings. The minimum absolute atomic E-state index is 0.0194. The van der Waals surface area contributed by atoms with Gasteiger partial charge in [-0.3, -0.25) is 4.79 Å². The lowest BCUT2D eigenvalue weighted by atomic mass is 9.88. The average Bonchev–Trinajstić information content (AvgIpc) is 2.26. The Bertz CT molecular complexity index is 460. The molecule has 106 valence electrons. The normalized spacial score (nSPS) is 14.1. The fourth-order valence-electron chi connectivity index (χ4n) is 1.33. The van der Waals surface area contributed by atoms with Crippen LogP contribution in [0.3, 0.4) is 0 Å². The Morgan fingerprint density at radius 2 is 1.79 bits per heavy atom. The molecule has 0 saturated carbocycles. The van der Waals surface area contributed by atoms with Crippen molar-refractivity contribution in [3.8, 4) is 0 Å². The molecule has 0 heterocycles. The lowest BCUT2D eigenvalue weighted by Gasteiger charge is -2.28. The molecule has 2 nitrogen and oxygen atoms in total. The summed E-state index contributed by atoms with van der Waals surface area (Å²) in [6.45, 7) is 7.67. The van der Waals surface area contributed by atoms with Gasteiger partial charge in [-0.15, -0.1) is 0 Å². The highest BCUT2D eigenvalue weighted by Crippen LogP contribution is 2.29. The summed E-state index contributed by atoms with van der Waals surface area (Å²) < 4.78 is 37.7. The van der Waals surface area contributed by atoms with Crippen LogP contribution in [0.25, 0.3) is 0 Å². The summed E-state index contributed by atoms with van der Waals surface area (Å²) >= 11 is 0. The van der Waals surface area contributed by atoms with E-state index in [-0.39, 0.29) is 17.0 Å². The number of hydrogen-bond acceptors (Lipinski definition) is 1. The van der Waals surface area contributed by atoms with Gasteiger partial charge in [-0.2, -0.15) is 13.2 Å². The molecule has 1 N–H and O–H groups in total. The number of rotatable bonds is 2. The van der Waals surface area contributed by atoms with Crippen LogP contribution in [0.5, 0.6) is 0 Å². The summed E-state index contributed by atoms with van der Waals surface area (Å²) in [5, 5.41) is 2.71. The standard InChI is InChI=1S/C14H18F3NO/c1-9(13(2,3)4)18-12(19)10-6-5-7-11(8-10)14(15,16)17/h5-9H,1-4H3,(H,18,19). The number of amides is 1. The summed E-state index contributed by atoms with van der Waals surface area (Å²) in [6.07, 6.45) is -4.44. The van der Waals surface area contributed by atoms with E-state index in [0.29, 0.717) is 0 Å². The lowest BCUT2D eigenvalue weighted by Crippen LogP contribution is -2.41. The molecule has 1 aromatic rings. The summed E-state index contributed by atoms with van der Waals surface area (Å²) in [6, 6.07) is 4.28. The largest absolute Gasteiger partial charge is 0.416 e. The van der Waals surface area contributed by atoms with Crippen molar-refractivity contribution in [3.63, 3.8) is 0 Å². The van der Waals surface area contributed by atoms with E-state index in [1.807, 2.05) is 27.7 Å². The van der Waals surface area contributed by atoms with E-state index in [2.05, 4.69) is 5.32 Å². The first-order chi connectivity index (χ1) is 8.51. The third kappa shape index (κ3) is 4.26. The van der Waals surface area contributed by atoms with Crippen LogP contribution in [0.4, 0.5) is 13.2 Å². The van der Waals surface area contributed by atoms with Gasteiger partial charge in [0, 0.05) is 11.6 Å². The van der Waals surface area contributed by atoms with Gasteiger partial charge in [0.2, 0.25) is 0 Å². The molecule has 0 saturated heterocycles. The van der Waals surface area contributed by atoms with Crippen LogP contribution in [0.2, 0.25) is 0 Å². The second-order valence-electron chi connectivity index (χ2n) is 5.64. The SMILES string of the molecule is CC(NC(=O)c1cccc(C(F)(F)F)c1)C(C)(C)C. The zero-order chi connectivity index (χ0) is 14.8. The van der Waals surface area contributed by atoms with Crippen LogP contribution in [0, 0.1) is 5.41 Å². The Morgan fingerprint density at radius 1 is 1.21 bits per heavy atom. The maximum atomic E-state index is 12.6. The Morgan fingerprint density at radius 3 is 2.26 bits per heavy atom. The third-order valence-corrected chi connectivity index (χ3v) is 3.10. The van der Waals surface area contributed by atoms with Gasteiger partial charge in [-0.25, -0.2) is 0 Å². The summed E-state index contributed by atoms with van der Waals surface area (Å²) in [5.41, 5.74) is -0.952. The van der Waals surface area contributed by atoms with Crippen LogP contribution in [-0.2, 0) is 6.18 Å². The van der Waals surface area contributed by atoms with Crippen LogP contribution in [-0.4, -0.2) is 11.9 Å². The topological polar surface area (TPSA) is 29.1 Å². The molecule has 1 aromatic carbocycles. The summed E-state index contributed by atoms with van der Waals surface area (Å²) in [5.74, 6) is -0.492. The number of alkyl halides is 3. The predicted molar refractivity (Wildman–Crippen MR) is 67.8 cm³/mol. The molecule has 0 bridgehead atoms. The molecule has 19 heavy (non-hydrogen) atoms. The molecule has 1 atom stereocenters. The highest BCUT2D eigenvalue weighted by molar-refractivity contribution is 5.94. The Balaban J connectivity index is 2.90. The van der Waals surface area contributed by atoms with Crippen LogP contribution in [0.1, 0.15) is 43.6 Å². The zero-order valence-electron chi connectivity index (χ0n) is 11.4. The molecular weight excluding hydrogens is 255 g/mol. The lowest BCUT2D eigenvalue weighted by molar-refractivity contribution is -0.137. The fraction of sp³-hybridized carbons (Fsp3) is 0.500. The number of halogens is 3. The van der Waals surface area contributed by atoms with Gasteiger partial charge in [-0.05, 0) is 30.5 Å². The molecule has 0 aromatic heterocycles.